The summed E-state index contributed by atoms with van der Waals surface area (Å²) >= 11 is 0. The summed E-state index contributed by atoms with van der Waals surface area (Å²) in [6, 6.07) is 96.6. The van der Waals surface area contributed by atoms with Crippen molar-refractivity contribution in [3.8, 4) is 55.6 Å². The van der Waals surface area contributed by atoms with Gasteiger partial charge < -0.3 is 4.90 Å². The number of hydrogen-bond acceptors (Lipinski definition) is 1. The smallest absolute Gasteiger partial charge is 0.0714 e. The maximum atomic E-state index is 2.47. The summed E-state index contributed by atoms with van der Waals surface area (Å²) in [5.41, 5.74) is 23.0. The second-order valence-corrected chi connectivity index (χ2v) is 19.1. The van der Waals surface area contributed by atoms with Crippen LogP contribution in [-0.2, 0) is 10.8 Å². The summed E-state index contributed by atoms with van der Waals surface area (Å²) < 4.78 is 0. The van der Waals surface area contributed by atoms with Crippen LogP contribution in [0.1, 0.15) is 47.2 Å². The Balaban J connectivity index is 1.03. The largest absolute Gasteiger partial charge is 0.310 e. The van der Waals surface area contributed by atoms with Gasteiger partial charge in [-0.2, -0.15) is 0 Å². The van der Waals surface area contributed by atoms with Gasteiger partial charge in [0.15, 0.2) is 0 Å². The van der Waals surface area contributed by atoms with Crippen molar-refractivity contribution >= 4 is 27.8 Å². The molecular weight excluding hydrogens is 831 g/mol. The van der Waals surface area contributed by atoms with Gasteiger partial charge in [0.1, 0.15) is 0 Å². The van der Waals surface area contributed by atoms with Crippen LogP contribution in [0, 0.1) is 0 Å². The lowest BCUT2D eigenvalue weighted by Gasteiger charge is -2.35. The molecule has 13 rings (SSSR count). The Kier molecular flexibility index (Phi) is 9.49. The lowest BCUT2D eigenvalue weighted by Crippen LogP contribution is -2.28. The highest BCUT2D eigenvalue weighted by Gasteiger charge is 2.46. The average molecular weight is 880 g/mol. The molecule has 0 heterocycles. The van der Waals surface area contributed by atoms with Crippen LogP contribution in [0.15, 0.2) is 261 Å². The fourth-order valence-electron chi connectivity index (χ4n) is 12.2. The minimum Gasteiger partial charge on any atom is -0.310 e. The van der Waals surface area contributed by atoms with Gasteiger partial charge in [0, 0.05) is 22.5 Å². The molecule has 0 aliphatic heterocycles. The Bertz CT molecular complexity index is 3660. The zero-order valence-corrected chi connectivity index (χ0v) is 38.8. The molecular formula is C68H49N. The molecule has 0 aromatic heterocycles. The predicted molar refractivity (Wildman–Crippen MR) is 290 cm³/mol. The zero-order valence-electron chi connectivity index (χ0n) is 38.8. The summed E-state index contributed by atoms with van der Waals surface area (Å²) in [7, 11) is 0. The third kappa shape index (κ3) is 6.24. The molecule has 0 spiro atoms. The minimum absolute atomic E-state index is 0.163. The van der Waals surface area contributed by atoms with E-state index in [1.807, 2.05) is 0 Å². The van der Waals surface area contributed by atoms with Crippen LogP contribution >= 0.6 is 0 Å². The van der Waals surface area contributed by atoms with Crippen LogP contribution in [0.5, 0.6) is 0 Å². The summed E-state index contributed by atoms with van der Waals surface area (Å²) in [6.07, 6.45) is 0. The number of benzene rings is 11. The van der Waals surface area contributed by atoms with Crippen molar-refractivity contribution < 1.29 is 0 Å². The Labute approximate surface area is 405 Å². The van der Waals surface area contributed by atoms with Gasteiger partial charge in [-0.05, 0) is 136 Å². The first kappa shape index (κ1) is 40.7. The van der Waals surface area contributed by atoms with Crippen LogP contribution in [0.2, 0.25) is 0 Å². The molecule has 1 nitrogen and oxygen atoms in total. The first-order chi connectivity index (χ1) is 34.0. The van der Waals surface area contributed by atoms with Crippen LogP contribution in [-0.4, -0.2) is 0 Å². The Hall–Kier alpha value is -8.52. The van der Waals surface area contributed by atoms with Crippen molar-refractivity contribution in [3.05, 3.63) is 294 Å². The van der Waals surface area contributed by atoms with Gasteiger partial charge in [0.2, 0.25) is 0 Å². The van der Waals surface area contributed by atoms with Crippen molar-refractivity contribution in [2.24, 2.45) is 0 Å². The van der Waals surface area contributed by atoms with E-state index in [1.165, 1.54) is 99.8 Å². The van der Waals surface area contributed by atoms with Gasteiger partial charge in [0.05, 0.1) is 5.41 Å². The topological polar surface area (TPSA) is 3.24 Å². The van der Waals surface area contributed by atoms with E-state index >= 15 is 0 Å². The lowest BCUT2D eigenvalue weighted by atomic mass is 9.67. The molecule has 69 heavy (non-hydrogen) atoms. The average Bonchev–Trinajstić information content (AvgIpc) is 3.85. The number of nitrogens with zero attached hydrogens (tertiary/aromatic N) is 1. The van der Waals surface area contributed by atoms with Crippen LogP contribution < -0.4 is 4.90 Å². The molecule has 0 saturated carbocycles. The summed E-state index contributed by atoms with van der Waals surface area (Å²) in [6.45, 7) is 4.80. The van der Waals surface area contributed by atoms with E-state index in [-0.39, 0.29) is 5.41 Å². The Morgan fingerprint density at radius 3 is 1.35 bits per heavy atom. The highest BCUT2D eigenvalue weighted by atomic mass is 15.1. The quantitative estimate of drug-likeness (QED) is 0.147. The van der Waals surface area contributed by atoms with Crippen molar-refractivity contribution in [2.45, 2.75) is 24.7 Å². The van der Waals surface area contributed by atoms with Crippen molar-refractivity contribution in [2.75, 3.05) is 4.90 Å². The second-order valence-electron chi connectivity index (χ2n) is 19.1. The van der Waals surface area contributed by atoms with E-state index in [1.54, 1.807) is 0 Å². The zero-order chi connectivity index (χ0) is 46.1. The van der Waals surface area contributed by atoms with Gasteiger partial charge in [0.25, 0.3) is 0 Å². The van der Waals surface area contributed by atoms with Gasteiger partial charge in [-0.3, -0.25) is 0 Å². The van der Waals surface area contributed by atoms with E-state index < -0.39 is 5.41 Å². The number of anilines is 3. The van der Waals surface area contributed by atoms with Crippen LogP contribution in [0.3, 0.4) is 0 Å². The van der Waals surface area contributed by atoms with Crippen molar-refractivity contribution in [1.29, 1.82) is 0 Å². The molecule has 0 N–H and O–H groups in total. The Morgan fingerprint density at radius 1 is 0.290 bits per heavy atom. The highest BCUT2D eigenvalue weighted by Crippen LogP contribution is 2.59. The first-order valence-electron chi connectivity index (χ1n) is 24.2. The van der Waals surface area contributed by atoms with Gasteiger partial charge in [-0.15, -0.1) is 0 Å². The maximum Gasteiger partial charge on any atom is 0.0714 e. The molecule has 0 fully saturated rings. The first-order valence-corrected chi connectivity index (χ1v) is 24.2. The van der Waals surface area contributed by atoms with Crippen molar-refractivity contribution in [1.82, 2.24) is 0 Å². The summed E-state index contributed by atoms with van der Waals surface area (Å²) in [4.78, 5) is 2.44. The molecule has 11 aromatic carbocycles. The van der Waals surface area contributed by atoms with Gasteiger partial charge >= 0.3 is 0 Å². The fraction of sp³-hybridized carbons (Fsp3) is 0.0588. The summed E-state index contributed by atoms with van der Waals surface area (Å²) in [5, 5.41) is 2.58. The van der Waals surface area contributed by atoms with E-state index in [9.17, 15) is 0 Å². The molecule has 0 radical (unpaired) electrons. The monoisotopic (exact) mass is 879 g/mol. The third-order valence-electron chi connectivity index (χ3n) is 15.1. The highest BCUT2D eigenvalue weighted by molar-refractivity contribution is 6.14. The SMILES string of the molecule is CC1(C)c2ccccc2-c2c(-c3ccccc3)c(-c3ccc(N(c4ccc(-c5ccccc5)cc4)c4ccc5c(c4)C(c4ccccc4)(c4ccccc4)c4ccccc4-5)cc3)c3ccccc3c21. The molecule has 0 atom stereocenters. The number of rotatable bonds is 8. The van der Waals surface area contributed by atoms with Crippen LogP contribution in [0.4, 0.5) is 17.1 Å². The van der Waals surface area contributed by atoms with E-state index in [2.05, 4.69) is 280 Å². The third-order valence-corrected chi connectivity index (χ3v) is 15.1. The summed E-state index contributed by atoms with van der Waals surface area (Å²) in [5.74, 6) is 0. The lowest BCUT2D eigenvalue weighted by molar-refractivity contribution is 0.666. The minimum atomic E-state index is -0.521. The number of fused-ring (bicyclic) bond motifs is 8. The maximum absolute atomic E-state index is 2.47. The predicted octanol–water partition coefficient (Wildman–Crippen LogP) is 18.0. The molecule has 2 aliphatic rings. The molecule has 0 saturated heterocycles. The van der Waals surface area contributed by atoms with E-state index in [0.29, 0.717) is 0 Å². The van der Waals surface area contributed by atoms with Crippen molar-refractivity contribution in [3.63, 3.8) is 0 Å². The Morgan fingerprint density at radius 2 is 0.725 bits per heavy atom. The molecule has 326 valence electrons. The second kappa shape index (κ2) is 16.1. The molecule has 11 aromatic rings. The standard InChI is InChI=1S/C68H49N/c1-67(2)60-33-19-18-32-59(60)65-64(48-23-9-4-10-24-48)63(57-30-15-16-31-58(57)66(65)67)49-37-41-53(42-38-49)69(52-39-35-47(36-40-52)46-21-7-3-8-22-46)54-43-44-56-55-29-17-20-34-61(55)68(62(56)45-54,50-25-11-5-12-26-50)51-27-13-6-14-28-51/h3-45H,1-2H3. The molecule has 0 amide bonds. The van der Waals surface area contributed by atoms with E-state index in [4.69, 9.17) is 0 Å². The van der Waals surface area contributed by atoms with Crippen LogP contribution in [0.25, 0.3) is 66.4 Å². The molecule has 0 unspecified atom stereocenters. The molecule has 2 aliphatic carbocycles. The molecule has 1 heteroatoms. The normalized spacial score (nSPS) is 13.6. The number of hydrogen-bond donors (Lipinski definition) is 0. The van der Waals surface area contributed by atoms with E-state index in [0.717, 1.165) is 17.1 Å². The molecule has 0 bridgehead atoms. The van der Waals surface area contributed by atoms with Gasteiger partial charge in [-0.1, -0.05) is 238 Å². The van der Waals surface area contributed by atoms with Gasteiger partial charge in [-0.25, -0.2) is 0 Å². The fourth-order valence-corrected chi connectivity index (χ4v) is 12.2.